The van der Waals surface area contributed by atoms with Crippen LogP contribution < -0.4 is 9.83 Å². The molecular formula is C15H13ClNO5S-. The number of carboxylic acid groups (broad SMARTS) is 1. The molecule has 0 aromatic heterocycles. The Hall–Kier alpha value is -2.09. The quantitative estimate of drug-likeness (QED) is 0.820. The standard InChI is InChI=1S/C15H14ClNO5S/c16-11-3-1-10(2-4-11)7-8-17-23(21,22)12-5-6-14(18)13(9-12)15(19)20/h1-6,9,17-18H,7-8H2,(H,19,20)/p-1. The van der Waals surface area contributed by atoms with Crippen LogP contribution in [-0.2, 0) is 16.4 Å². The van der Waals surface area contributed by atoms with Gasteiger partial charge in [-0.15, -0.1) is 0 Å². The van der Waals surface area contributed by atoms with Gasteiger partial charge in [0.2, 0.25) is 10.0 Å². The molecule has 0 bridgehead atoms. The van der Waals surface area contributed by atoms with Crippen LogP contribution in [0.3, 0.4) is 0 Å². The highest BCUT2D eigenvalue weighted by atomic mass is 35.5. The van der Waals surface area contributed by atoms with Gasteiger partial charge in [-0.1, -0.05) is 35.5 Å². The maximum atomic E-state index is 12.1. The van der Waals surface area contributed by atoms with Crippen LogP contribution in [0.5, 0.6) is 5.75 Å². The van der Waals surface area contributed by atoms with Gasteiger partial charge >= 0.3 is 5.97 Å². The molecule has 23 heavy (non-hydrogen) atoms. The summed E-state index contributed by atoms with van der Waals surface area (Å²) in [5, 5.41) is 20.8. The Kier molecular flexibility index (Phi) is 5.25. The zero-order chi connectivity index (χ0) is 17.0. The molecule has 2 aromatic rings. The van der Waals surface area contributed by atoms with Crippen molar-refractivity contribution in [3.8, 4) is 5.75 Å². The van der Waals surface area contributed by atoms with E-state index in [9.17, 15) is 18.3 Å². The van der Waals surface area contributed by atoms with E-state index in [1.165, 1.54) is 0 Å². The van der Waals surface area contributed by atoms with Crippen molar-refractivity contribution in [3.05, 3.63) is 58.6 Å². The summed E-state index contributed by atoms with van der Waals surface area (Å²) in [6.45, 7) is 0.130. The lowest BCUT2D eigenvalue weighted by Crippen LogP contribution is -2.26. The average Bonchev–Trinajstić information content (AvgIpc) is 2.49. The SMILES string of the molecule is O=C(O)c1cc(S(=O)(=O)NCCc2ccc(Cl)cc2)ccc1[O-]. The fraction of sp³-hybridized carbons (Fsp3) is 0.133. The van der Waals surface area contributed by atoms with Gasteiger partial charge in [-0.2, -0.15) is 0 Å². The first-order valence-corrected chi connectivity index (χ1v) is 8.44. The third-order valence-corrected chi connectivity index (χ3v) is 4.82. The van der Waals surface area contributed by atoms with E-state index in [-0.39, 0.29) is 11.4 Å². The molecule has 0 atom stereocenters. The van der Waals surface area contributed by atoms with E-state index >= 15 is 0 Å². The summed E-state index contributed by atoms with van der Waals surface area (Å²) in [5.41, 5.74) is 0.323. The third-order valence-electron chi connectivity index (χ3n) is 3.11. The number of nitrogens with one attached hydrogen (secondary N) is 1. The molecule has 0 heterocycles. The summed E-state index contributed by atoms with van der Waals surface area (Å²) in [4.78, 5) is 10.6. The Balaban J connectivity index is 2.08. The second-order valence-corrected chi connectivity index (χ2v) is 6.94. The zero-order valence-electron chi connectivity index (χ0n) is 11.8. The van der Waals surface area contributed by atoms with Crippen molar-refractivity contribution >= 4 is 27.6 Å². The van der Waals surface area contributed by atoms with Crippen LogP contribution in [0.1, 0.15) is 15.9 Å². The molecule has 2 rings (SSSR count). The molecule has 0 unspecified atom stereocenters. The predicted molar refractivity (Wildman–Crippen MR) is 83.2 cm³/mol. The predicted octanol–water partition coefficient (Wildman–Crippen LogP) is 1.63. The Morgan fingerprint density at radius 2 is 1.83 bits per heavy atom. The molecule has 0 fully saturated rings. The van der Waals surface area contributed by atoms with Crippen molar-refractivity contribution in [2.24, 2.45) is 0 Å². The molecule has 122 valence electrons. The number of aromatic carboxylic acids is 1. The largest absolute Gasteiger partial charge is 0.872 e. The smallest absolute Gasteiger partial charge is 0.335 e. The van der Waals surface area contributed by atoms with Crippen molar-refractivity contribution in [1.29, 1.82) is 0 Å². The molecule has 2 N–H and O–H groups in total. The van der Waals surface area contributed by atoms with E-state index in [0.29, 0.717) is 11.4 Å². The Morgan fingerprint density at radius 3 is 2.43 bits per heavy atom. The van der Waals surface area contributed by atoms with Gasteiger partial charge in [-0.3, -0.25) is 0 Å². The molecule has 0 aliphatic carbocycles. The number of sulfonamides is 1. The average molecular weight is 355 g/mol. The maximum Gasteiger partial charge on any atom is 0.335 e. The van der Waals surface area contributed by atoms with Gasteiger partial charge in [0.05, 0.1) is 10.5 Å². The van der Waals surface area contributed by atoms with E-state index < -0.39 is 27.3 Å². The first-order chi connectivity index (χ1) is 10.8. The van der Waals surface area contributed by atoms with Crippen LogP contribution in [0.2, 0.25) is 5.02 Å². The summed E-state index contributed by atoms with van der Waals surface area (Å²) in [7, 11) is -3.89. The second kappa shape index (κ2) is 6.99. The van der Waals surface area contributed by atoms with Crippen LogP contribution in [0.25, 0.3) is 0 Å². The van der Waals surface area contributed by atoms with Crippen molar-refractivity contribution in [3.63, 3.8) is 0 Å². The molecule has 0 spiro atoms. The lowest BCUT2D eigenvalue weighted by Gasteiger charge is -2.12. The first-order valence-electron chi connectivity index (χ1n) is 6.58. The number of hydrogen-bond acceptors (Lipinski definition) is 4. The maximum absolute atomic E-state index is 12.1. The van der Waals surface area contributed by atoms with Gasteiger partial charge in [0, 0.05) is 11.6 Å². The third kappa shape index (κ3) is 4.44. The number of carbonyl (C=O) groups is 1. The highest BCUT2D eigenvalue weighted by Crippen LogP contribution is 2.19. The monoisotopic (exact) mass is 354 g/mol. The Morgan fingerprint density at radius 1 is 1.17 bits per heavy atom. The van der Waals surface area contributed by atoms with Gasteiger partial charge in [-0.05, 0) is 36.2 Å². The number of benzene rings is 2. The molecular weight excluding hydrogens is 342 g/mol. The molecule has 0 saturated carbocycles. The van der Waals surface area contributed by atoms with E-state index in [2.05, 4.69) is 4.72 Å². The fourth-order valence-electron chi connectivity index (χ4n) is 1.91. The molecule has 0 radical (unpaired) electrons. The molecule has 8 heteroatoms. The van der Waals surface area contributed by atoms with Crippen LogP contribution in [-0.4, -0.2) is 26.0 Å². The summed E-state index contributed by atoms with van der Waals surface area (Å²) in [6.07, 6.45) is 0.446. The number of carboxylic acids is 1. The molecule has 0 amide bonds. The van der Waals surface area contributed by atoms with Crippen LogP contribution >= 0.6 is 11.6 Å². The van der Waals surface area contributed by atoms with Gasteiger partial charge in [0.15, 0.2) is 0 Å². The van der Waals surface area contributed by atoms with Gasteiger partial charge in [-0.25, -0.2) is 17.9 Å². The van der Waals surface area contributed by atoms with E-state index in [0.717, 1.165) is 23.8 Å². The minimum absolute atomic E-state index is 0.130. The summed E-state index contributed by atoms with van der Waals surface area (Å²) >= 11 is 5.77. The molecule has 0 aliphatic heterocycles. The van der Waals surface area contributed by atoms with Crippen molar-refractivity contribution in [1.82, 2.24) is 4.72 Å². The molecule has 6 nitrogen and oxygen atoms in total. The first kappa shape index (κ1) is 17.3. The van der Waals surface area contributed by atoms with E-state index in [1.54, 1.807) is 24.3 Å². The summed E-state index contributed by atoms with van der Waals surface area (Å²) in [5.74, 6) is -2.20. The van der Waals surface area contributed by atoms with Crippen LogP contribution in [0.4, 0.5) is 0 Å². The van der Waals surface area contributed by atoms with Crippen LogP contribution in [0.15, 0.2) is 47.4 Å². The lowest BCUT2D eigenvalue weighted by molar-refractivity contribution is -0.268. The Labute approximate surface area is 138 Å². The number of rotatable bonds is 6. The Bertz CT molecular complexity index is 818. The van der Waals surface area contributed by atoms with Gasteiger partial charge in [0.25, 0.3) is 0 Å². The summed E-state index contributed by atoms with van der Waals surface area (Å²) in [6, 6.07) is 9.84. The van der Waals surface area contributed by atoms with Crippen molar-refractivity contribution in [2.45, 2.75) is 11.3 Å². The molecule has 2 aromatic carbocycles. The second-order valence-electron chi connectivity index (χ2n) is 4.74. The fourth-order valence-corrected chi connectivity index (χ4v) is 3.09. The minimum Gasteiger partial charge on any atom is -0.872 e. The molecule has 0 aliphatic rings. The van der Waals surface area contributed by atoms with Crippen LogP contribution in [0, 0.1) is 0 Å². The zero-order valence-corrected chi connectivity index (χ0v) is 13.4. The van der Waals surface area contributed by atoms with Gasteiger partial charge in [0.1, 0.15) is 0 Å². The lowest BCUT2D eigenvalue weighted by atomic mass is 10.2. The number of hydrogen-bond donors (Lipinski definition) is 2. The normalized spacial score (nSPS) is 11.3. The number of halogens is 1. The topological polar surface area (TPSA) is 107 Å². The highest BCUT2D eigenvalue weighted by molar-refractivity contribution is 7.89. The van der Waals surface area contributed by atoms with E-state index in [4.69, 9.17) is 16.7 Å². The van der Waals surface area contributed by atoms with Crippen molar-refractivity contribution in [2.75, 3.05) is 6.54 Å². The van der Waals surface area contributed by atoms with Gasteiger partial charge < -0.3 is 10.2 Å². The van der Waals surface area contributed by atoms with E-state index in [1.807, 2.05) is 0 Å². The minimum atomic E-state index is -3.89. The molecule has 0 saturated heterocycles. The van der Waals surface area contributed by atoms with Crippen molar-refractivity contribution < 1.29 is 23.4 Å². The highest BCUT2D eigenvalue weighted by Gasteiger charge is 2.16. The summed E-state index contributed by atoms with van der Waals surface area (Å²) < 4.78 is 26.6.